The van der Waals surface area contributed by atoms with Crippen molar-refractivity contribution in [3.05, 3.63) is 127 Å². The fourth-order valence-electron chi connectivity index (χ4n) is 6.78. The van der Waals surface area contributed by atoms with Crippen LogP contribution in [0, 0.1) is 0 Å². The van der Waals surface area contributed by atoms with Crippen molar-refractivity contribution >= 4 is 70.1 Å². The first-order valence-electron chi connectivity index (χ1n) is 14.6. The van der Waals surface area contributed by atoms with Gasteiger partial charge in [-0.05, 0) is 77.6 Å². The van der Waals surface area contributed by atoms with Gasteiger partial charge in [-0.1, -0.05) is 98.1 Å². The summed E-state index contributed by atoms with van der Waals surface area (Å²) >= 11 is 1.92. The lowest BCUT2D eigenvalue weighted by Crippen LogP contribution is -2.11. The van der Waals surface area contributed by atoms with E-state index in [4.69, 9.17) is 0 Å². The van der Waals surface area contributed by atoms with Crippen LogP contribution in [0.15, 0.2) is 121 Å². The van der Waals surface area contributed by atoms with Gasteiger partial charge >= 0.3 is 0 Å². The Morgan fingerprint density at radius 1 is 0.525 bits per heavy atom. The van der Waals surface area contributed by atoms with Gasteiger partial charge < -0.3 is 4.90 Å². The summed E-state index contributed by atoms with van der Waals surface area (Å²) in [5.41, 5.74) is 5.11. The molecule has 0 aliphatic heterocycles. The third-order valence-corrected chi connectivity index (χ3v) is 10.0. The first-order chi connectivity index (χ1) is 19.8. The first-order valence-corrected chi connectivity index (χ1v) is 15.4. The number of hydrogen-bond donors (Lipinski definition) is 0. The summed E-state index contributed by atoms with van der Waals surface area (Å²) in [6.07, 6.45) is 6.75. The number of nitrogens with zero attached hydrogens (tertiary/aromatic N) is 1. The molecule has 1 aliphatic rings. The lowest BCUT2D eigenvalue weighted by atomic mass is 9.84. The van der Waals surface area contributed by atoms with Gasteiger partial charge in [-0.3, -0.25) is 0 Å². The lowest BCUT2D eigenvalue weighted by molar-refractivity contribution is 0.443. The van der Waals surface area contributed by atoms with Gasteiger partial charge in [-0.25, -0.2) is 0 Å². The number of thiophene rings is 1. The summed E-state index contributed by atoms with van der Waals surface area (Å²) in [7, 11) is 0. The average Bonchev–Trinajstić information content (AvgIpc) is 3.39. The molecule has 6 aromatic carbocycles. The number of fused-ring (bicyclic) bond motifs is 6. The van der Waals surface area contributed by atoms with Crippen molar-refractivity contribution in [1.29, 1.82) is 0 Å². The van der Waals surface area contributed by atoms with Gasteiger partial charge in [-0.15, -0.1) is 11.3 Å². The van der Waals surface area contributed by atoms with E-state index in [2.05, 4.69) is 126 Å². The Bertz CT molecular complexity index is 1980. The second-order valence-electron chi connectivity index (χ2n) is 11.2. The molecular formula is C38H31NS. The van der Waals surface area contributed by atoms with Crippen LogP contribution in [0.2, 0.25) is 0 Å². The molecule has 0 bridgehead atoms. The molecule has 1 aromatic heterocycles. The topological polar surface area (TPSA) is 3.24 Å². The monoisotopic (exact) mass is 533 g/mol. The molecule has 1 nitrogen and oxygen atoms in total. The Labute approximate surface area is 239 Å². The van der Waals surface area contributed by atoms with Crippen LogP contribution in [-0.4, -0.2) is 0 Å². The standard InChI is InChI=1S/C38H31NS/c1-3-11-26(12-4-1)27-19-21-31(22-20-27)39(30-15-5-2-6-16-30)36-25-35-34-23-28-13-7-8-14-29(28)24-37(34)40-38(35)33-18-10-9-17-32(33)36/h2,5-10,13-26H,1,3-4,11-12H2. The van der Waals surface area contributed by atoms with Crippen molar-refractivity contribution in [3.8, 4) is 0 Å². The van der Waals surface area contributed by atoms with Gasteiger partial charge in [0.1, 0.15) is 0 Å². The summed E-state index contributed by atoms with van der Waals surface area (Å²) in [5.74, 6) is 0.706. The molecule has 7 aromatic rings. The number of rotatable bonds is 4. The molecule has 40 heavy (non-hydrogen) atoms. The predicted octanol–water partition coefficient (Wildman–Crippen LogP) is 11.9. The van der Waals surface area contributed by atoms with Crippen LogP contribution >= 0.6 is 11.3 Å². The van der Waals surface area contributed by atoms with Crippen molar-refractivity contribution in [2.75, 3.05) is 4.90 Å². The van der Waals surface area contributed by atoms with E-state index >= 15 is 0 Å². The van der Waals surface area contributed by atoms with Crippen molar-refractivity contribution < 1.29 is 0 Å². The largest absolute Gasteiger partial charge is 0.310 e. The van der Waals surface area contributed by atoms with Gasteiger partial charge in [0, 0.05) is 42.3 Å². The number of anilines is 3. The zero-order valence-electron chi connectivity index (χ0n) is 22.5. The van der Waals surface area contributed by atoms with E-state index in [0.29, 0.717) is 5.92 Å². The minimum absolute atomic E-state index is 0.706. The normalized spacial score (nSPS) is 14.4. The van der Waals surface area contributed by atoms with E-state index in [1.54, 1.807) is 0 Å². The molecule has 194 valence electrons. The zero-order chi connectivity index (χ0) is 26.5. The van der Waals surface area contributed by atoms with E-state index in [0.717, 1.165) is 0 Å². The number of para-hydroxylation sites is 1. The second kappa shape index (κ2) is 9.80. The molecule has 8 rings (SSSR count). The molecule has 0 amide bonds. The van der Waals surface area contributed by atoms with Crippen LogP contribution in [0.1, 0.15) is 43.6 Å². The van der Waals surface area contributed by atoms with Gasteiger partial charge in [0.25, 0.3) is 0 Å². The highest BCUT2D eigenvalue weighted by molar-refractivity contribution is 7.26. The summed E-state index contributed by atoms with van der Waals surface area (Å²) in [6, 6.07) is 45.1. The molecule has 0 spiro atoms. The Morgan fingerprint density at radius 3 is 1.95 bits per heavy atom. The van der Waals surface area contributed by atoms with Crippen molar-refractivity contribution in [3.63, 3.8) is 0 Å². The summed E-state index contributed by atoms with van der Waals surface area (Å²) < 4.78 is 2.71. The van der Waals surface area contributed by atoms with Crippen LogP contribution in [0.3, 0.4) is 0 Å². The highest BCUT2D eigenvalue weighted by Crippen LogP contribution is 2.47. The third-order valence-electron chi connectivity index (χ3n) is 8.81. The highest BCUT2D eigenvalue weighted by atomic mass is 32.1. The van der Waals surface area contributed by atoms with Gasteiger partial charge in [0.2, 0.25) is 0 Å². The highest BCUT2D eigenvalue weighted by Gasteiger charge is 2.21. The minimum Gasteiger partial charge on any atom is -0.310 e. The van der Waals surface area contributed by atoms with E-state index < -0.39 is 0 Å². The molecule has 1 heterocycles. The fourth-order valence-corrected chi connectivity index (χ4v) is 8.04. The summed E-state index contributed by atoms with van der Waals surface area (Å²) in [5, 5.41) is 7.87. The first kappa shape index (κ1) is 23.7. The molecule has 0 N–H and O–H groups in total. The van der Waals surface area contributed by atoms with E-state index in [9.17, 15) is 0 Å². The molecule has 0 atom stereocenters. The summed E-state index contributed by atoms with van der Waals surface area (Å²) in [4.78, 5) is 2.46. The van der Waals surface area contributed by atoms with E-state index in [-0.39, 0.29) is 0 Å². The molecule has 0 saturated heterocycles. The quantitative estimate of drug-likeness (QED) is 0.217. The van der Waals surface area contributed by atoms with Crippen LogP contribution < -0.4 is 4.90 Å². The van der Waals surface area contributed by atoms with Crippen LogP contribution in [-0.2, 0) is 0 Å². The predicted molar refractivity (Wildman–Crippen MR) is 175 cm³/mol. The van der Waals surface area contributed by atoms with Gasteiger partial charge in [-0.2, -0.15) is 0 Å². The lowest BCUT2D eigenvalue weighted by Gasteiger charge is -2.28. The SMILES string of the molecule is c1ccc(N(c2ccc(C3CCCCC3)cc2)c2cc3c4cc5ccccc5cc4sc3c3ccccc23)cc1. The van der Waals surface area contributed by atoms with E-state index in [1.165, 1.54) is 96.4 Å². The van der Waals surface area contributed by atoms with Gasteiger partial charge in [0.05, 0.1) is 5.69 Å². The summed E-state index contributed by atoms with van der Waals surface area (Å²) in [6.45, 7) is 0. The molecule has 2 heteroatoms. The Hall–Kier alpha value is -4.14. The maximum atomic E-state index is 2.46. The smallest absolute Gasteiger partial charge is 0.0547 e. The molecule has 0 unspecified atom stereocenters. The third kappa shape index (κ3) is 3.98. The number of hydrogen-bond acceptors (Lipinski definition) is 2. The van der Waals surface area contributed by atoms with Crippen LogP contribution in [0.25, 0.3) is 41.7 Å². The molecule has 1 fully saturated rings. The molecule has 1 saturated carbocycles. The Kier molecular flexibility index (Phi) is 5.81. The van der Waals surface area contributed by atoms with Crippen LogP contribution in [0.5, 0.6) is 0 Å². The minimum atomic E-state index is 0.706. The maximum Gasteiger partial charge on any atom is 0.0547 e. The Balaban J connectivity index is 1.37. The average molecular weight is 534 g/mol. The van der Waals surface area contributed by atoms with Gasteiger partial charge in [0.15, 0.2) is 0 Å². The van der Waals surface area contributed by atoms with Crippen LogP contribution in [0.4, 0.5) is 17.1 Å². The Morgan fingerprint density at radius 2 is 1.18 bits per heavy atom. The van der Waals surface area contributed by atoms with Crippen molar-refractivity contribution in [2.45, 2.75) is 38.0 Å². The van der Waals surface area contributed by atoms with E-state index in [1.807, 2.05) is 11.3 Å². The molecular weight excluding hydrogens is 502 g/mol. The molecule has 0 radical (unpaired) electrons. The zero-order valence-corrected chi connectivity index (χ0v) is 23.3. The van der Waals surface area contributed by atoms with Crippen molar-refractivity contribution in [1.82, 2.24) is 0 Å². The maximum absolute atomic E-state index is 2.46. The molecule has 1 aliphatic carbocycles. The second-order valence-corrected chi connectivity index (χ2v) is 12.3. The number of benzene rings is 6. The fraction of sp³-hybridized carbons (Fsp3) is 0.158. The van der Waals surface area contributed by atoms with Crippen molar-refractivity contribution in [2.24, 2.45) is 0 Å².